The van der Waals surface area contributed by atoms with E-state index in [-0.39, 0.29) is 0 Å². The van der Waals surface area contributed by atoms with Crippen LogP contribution in [0, 0.1) is 5.92 Å². The van der Waals surface area contributed by atoms with Crippen molar-refractivity contribution in [2.24, 2.45) is 5.92 Å². The molecule has 0 saturated heterocycles. The minimum Gasteiger partial charge on any atom is -0.247 e. The summed E-state index contributed by atoms with van der Waals surface area (Å²) < 4.78 is 11.5. The van der Waals surface area contributed by atoms with Gasteiger partial charge in [-0.3, -0.25) is 0 Å². The number of hydrogen-bond donors (Lipinski definition) is 0. The Bertz CT molecular complexity index is 36.9. The topological polar surface area (TPSA) is 0 Å². The summed E-state index contributed by atoms with van der Waals surface area (Å²) in [6, 6.07) is 0. The van der Waals surface area contributed by atoms with Crippen molar-refractivity contribution in [3.8, 4) is 0 Å². The van der Waals surface area contributed by atoms with Crippen molar-refractivity contribution in [1.29, 1.82) is 0 Å². The molecular weight excluding hydrogens is 67.0 g/mol. The van der Waals surface area contributed by atoms with Crippen molar-refractivity contribution in [3.05, 3.63) is 0 Å². The fourth-order valence-electron chi connectivity index (χ4n) is 0.277. The van der Waals surface area contributed by atoms with E-state index in [0.717, 1.165) is 6.42 Å². The van der Waals surface area contributed by atoms with E-state index in [1.165, 1.54) is 0 Å². The first-order valence-corrected chi connectivity index (χ1v) is 1.95. The van der Waals surface area contributed by atoms with Crippen molar-refractivity contribution < 1.29 is 4.39 Å². The van der Waals surface area contributed by atoms with Crippen molar-refractivity contribution in [2.45, 2.75) is 19.5 Å². The van der Waals surface area contributed by atoms with Crippen LogP contribution in [0.3, 0.4) is 0 Å². The van der Waals surface area contributed by atoms with E-state index in [1.54, 1.807) is 0 Å². The molecule has 0 bridgehead atoms. The van der Waals surface area contributed by atoms with E-state index < -0.39 is 6.17 Å². The lowest BCUT2D eigenvalue weighted by Crippen LogP contribution is -1.63. The largest absolute Gasteiger partial charge is 0.247 e. The highest BCUT2D eigenvalue weighted by Gasteiger charge is 2.31. The number of alkyl halides is 1. The second-order valence-corrected chi connectivity index (χ2v) is 1.73. The molecule has 0 aromatic carbocycles. The summed E-state index contributed by atoms with van der Waals surface area (Å²) in [5, 5.41) is 0. The Labute approximate surface area is 31.0 Å². The van der Waals surface area contributed by atoms with Gasteiger partial charge >= 0.3 is 0 Å². The first-order valence-electron chi connectivity index (χ1n) is 1.95. The average molecular weight is 74.1 g/mol. The summed E-state index contributed by atoms with van der Waals surface area (Å²) in [5.41, 5.74) is 0. The van der Waals surface area contributed by atoms with E-state index in [0.29, 0.717) is 5.92 Å². The Hall–Kier alpha value is -0.0700. The van der Waals surface area contributed by atoms with Gasteiger partial charge in [0.05, 0.1) is 0 Å². The second-order valence-electron chi connectivity index (χ2n) is 1.73. The van der Waals surface area contributed by atoms with E-state index in [4.69, 9.17) is 0 Å². The van der Waals surface area contributed by atoms with Crippen LogP contribution >= 0.6 is 0 Å². The fraction of sp³-hybridized carbons (Fsp3) is 1.00. The van der Waals surface area contributed by atoms with Gasteiger partial charge < -0.3 is 0 Å². The van der Waals surface area contributed by atoms with Crippen molar-refractivity contribution in [2.75, 3.05) is 0 Å². The Morgan fingerprint density at radius 2 is 2.00 bits per heavy atom. The molecule has 0 radical (unpaired) electrons. The van der Waals surface area contributed by atoms with E-state index in [2.05, 4.69) is 0 Å². The van der Waals surface area contributed by atoms with Gasteiger partial charge in [-0.05, 0) is 12.3 Å². The minimum atomic E-state index is -0.449. The molecule has 1 unspecified atom stereocenters. The molecule has 30 valence electrons. The number of rotatable bonds is 0. The number of halogens is 1. The zero-order valence-electron chi connectivity index (χ0n) is 3.24. The molecule has 0 nitrogen and oxygen atoms in total. The summed E-state index contributed by atoms with van der Waals surface area (Å²) in [6.07, 6.45) is 0.356. The minimum absolute atomic E-state index is 0.384. The van der Waals surface area contributed by atoms with Gasteiger partial charge in [-0.1, -0.05) is 6.92 Å². The van der Waals surface area contributed by atoms with Gasteiger partial charge in [0.25, 0.3) is 0 Å². The van der Waals surface area contributed by atoms with Gasteiger partial charge in [0, 0.05) is 0 Å². The molecule has 2 atom stereocenters. The SMILES string of the molecule is CC1C[C@H]1F. The van der Waals surface area contributed by atoms with Crippen LogP contribution in [0.15, 0.2) is 0 Å². The third-order valence-electron chi connectivity index (χ3n) is 1.01. The van der Waals surface area contributed by atoms with Crippen molar-refractivity contribution in [1.82, 2.24) is 0 Å². The van der Waals surface area contributed by atoms with Crippen LogP contribution in [0.5, 0.6) is 0 Å². The van der Waals surface area contributed by atoms with Crippen molar-refractivity contribution >= 4 is 0 Å². The van der Waals surface area contributed by atoms with Gasteiger partial charge in [-0.2, -0.15) is 0 Å². The summed E-state index contributed by atoms with van der Waals surface area (Å²) in [6.45, 7) is 1.92. The summed E-state index contributed by atoms with van der Waals surface area (Å²) in [5.74, 6) is 0.384. The molecule has 0 aromatic heterocycles. The molecule has 1 rings (SSSR count). The van der Waals surface area contributed by atoms with Gasteiger partial charge in [-0.15, -0.1) is 0 Å². The zero-order valence-corrected chi connectivity index (χ0v) is 3.24. The normalized spacial score (nSPS) is 49.2. The molecular formula is C4H7F. The van der Waals surface area contributed by atoms with E-state index in [1.807, 2.05) is 6.92 Å². The molecule has 1 fully saturated rings. The standard InChI is InChI=1S/C4H7F/c1-3-2-4(3)5/h3-4H,2H2,1H3/t3?,4-/m1/s1. The van der Waals surface area contributed by atoms with Crippen LogP contribution in [0.25, 0.3) is 0 Å². The Balaban J connectivity index is 2.20. The van der Waals surface area contributed by atoms with E-state index in [9.17, 15) is 4.39 Å². The molecule has 0 spiro atoms. The lowest BCUT2D eigenvalue weighted by Gasteiger charge is -1.63. The third-order valence-corrected chi connectivity index (χ3v) is 1.01. The van der Waals surface area contributed by atoms with Gasteiger partial charge in [0.1, 0.15) is 6.17 Å². The average Bonchev–Trinajstić information content (AvgIpc) is 1.79. The smallest absolute Gasteiger partial charge is 0.103 e. The fourth-order valence-corrected chi connectivity index (χ4v) is 0.277. The highest BCUT2D eigenvalue weighted by atomic mass is 19.1. The van der Waals surface area contributed by atoms with Crippen LogP contribution < -0.4 is 0 Å². The zero-order chi connectivity index (χ0) is 3.86. The van der Waals surface area contributed by atoms with Crippen LogP contribution in [-0.2, 0) is 0 Å². The second kappa shape index (κ2) is 0.703. The monoisotopic (exact) mass is 74.1 g/mol. The maximum atomic E-state index is 11.5. The molecule has 0 N–H and O–H groups in total. The first-order chi connectivity index (χ1) is 2.30. The molecule has 1 saturated carbocycles. The van der Waals surface area contributed by atoms with Gasteiger partial charge in [0.15, 0.2) is 0 Å². The Morgan fingerprint density at radius 3 is 2.00 bits per heavy atom. The summed E-state index contributed by atoms with van der Waals surface area (Å²) in [7, 11) is 0. The molecule has 0 amide bonds. The van der Waals surface area contributed by atoms with Gasteiger partial charge in [-0.25, -0.2) is 4.39 Å². The Kier molecular flexibility index (Phi) is 0.440. The Morgan fingerprint density at radius 1 is 1.80 bits per heavy atom. The predicted molar refractivity (Wildman–Crippen MR) is 18.7 cm³/mol. The predicted octanol–water partition coefficient (Wildman–Crippen LogP) is 1.36. The van der Waals surface area contributed by atoms with Gasteiger partial charge in [0.2, 0.25) is 0 Å². The maximum Gasteiger partial charge on any atom is 0.103 e. The van der Waals surface area contributed by atoms with Crippen LogP contribution in [0.4, 0.5) is 4.39 Å². The molecule has 1 aliphatic carbocycles. The first kappa shape index (κ1) is 3.13. The summed E-state index contributed by atoms with van der Waals surface area (Å²) >= 11 is 0. The van der Waals surface area contributed by atoms with Crippen molar-refractivity contribution in [3.63, 3.8) is 0 Å². The molecule has 0 heterocycles. The highest BCUT2D eigenvalue weighted by Crippen LogP contribution is 2.32. The van der Waals surface area contributed by atoms with E-state index >= 15 is 0 Å². The molecule has 5 heavy (non-hydrogen) atoms. The molecule has 1 aliphatic rings. The third kappa shape index (κ3) is 0.416. The van der Waals surface area contributed by atoms with Crippen LogP contribution in [-0.4, -0.2) is 6.17 Å². The molecule has 0 aliphatic heterocycles. The molecule has 1 heteroatoms. The quantitative estimate of drug-likeness (QED) is 0.407. The van der Waals surface area contributed by atoms with Crippen LogP contribution in [0.2, 0.25) is 0 Å². The summed E-state index contributed by atoms with van der Waals surface area (Å²) in [4.78, 5) is 0. The molecule has 0 aromatic rings. The maximum absolute atomic E-state index is 11.5. The van der Waals surface area contributed by atoms with Crippen LogP contribution in [0.1, 0.15) is 13.3 Å². The lowest BCUT2D eigenvalue weighted by atomic mass is 10.5. The lowest BCUT2D eigenvalue weighted by molar-refractivity contribution is 0.454. The highest BCUT2D eigenvalue weighted by molar-refractivity contribution is 4.81. The number of hydrogen-bond acceptors (Lipinski definition) is 0.